The van der Waals surface area contributed by atoms with Crippen molar-refractivity contribution in [2.24, 2.45) is 5.73 Å². The van der Waals surface area contributed by atoms with Crippen LogP contribution in [0.5, 0.6) is 0 Å². The lowest BCUT2D eigenvalue weighted by atomic mass is 10.3. The first-order valence-electron chi connectivity index (χ1n) is 6.44. The fraction of sp³-hybridized carbons (Fsp3) is 0.308. The van der Waals surface area contributed by atoms with Crippen molar-refractivity contribution in [1.82, 2.24) is 10.2 Å². The summed E-state index contributed by atoms with van der Waals surface area (Å²) in [6.45, 7) is 3.43. The lowest BCUT2D eigenvalue weighted by Crippen LogP contribution is -2.32. The van der Waals surface area contributed by atoms with E-state index in [1.807, 2.05) is 0 Å². The van der Waals surface area contributed by atoms with Crippen LogP contribution in [0, 0.1) is 12.7 Å². The number of H-pyrrole nitrogens is 1. The molecule has 21 heavy (non-hydrogen) atoms. The summed E-state index contributed by atoms with van der Waals surface area (Å²) in [5.41, 5.74) is 6.57. The molecule has 0 radical (unpaired) electrons. The van der Waals surface area contributed by atoms with Gasteiger partial charge in [-0.05, 0) is 26.0 Å². The van der Waals surface area contributed by atoms with Crippen molar-refractivity contribution in [3.63, 3.8) is 0 Å². The highest BCUT2D eigenvalue weighted by molar-refractivity contribution is 7.92. The molecule has 0 spiro atoms. The predicted octanol–water partition coefficient (Wildman–Crippen LogP) is 1.53. The Morgan fingerprint density at radius 1 is 1.38 bits per heavy atom. The van der Waals surface area contributed by atoms with Gasteiger partial charge in [-0.1, -0.05) is 12.1 Å². The average Bonchev–Trinajstić information content (AvgIpc) is 2.83. The molecule has 3 N–H and O–H groups in total. The number of rotatable bonds is 5. The van der Waals surface area contributed by atoms with Crippen molar-refractivity contribution >= 4 is 15.7 Å². The topological polar surface area (TPSA) is 92.1 Å². The molecule has 2 rings (SSSR count). The summed E-state index contributed by atoms with van der Waals surface area (Å²) >= 11 is 0. The Bertz CT molecular complexity index is 742. The molecule has 0 fully saturated rings. The van der Waals surface area contributed by atoms with E-state index in [1.165, 1.54) is 18.2 Å². The maximum Gasteiger partial charge on any atom is 0.284 e. The van der Waals surface area contributed by atoms with Gasteiger partial charge in [0.15, 0.2) is 0 Å². The average molecular weight is 312 g/mol. The minimum atomic E-state index is -3.98. The normalized spacial score (nSPS) is 11.6. The Morgan fingerprint density at radius 2 is 2.05 bits per heavy atom. The van der Waals surface area contributed by atoms with Gasteiger partial charge in [0, 0.05) is 24.3 Å². The zero-order chi connectivity index (χ0) is 15.6. The van der Waals surface area contributed by atoms with Crippen LogP contribution in [0.4, 0.5) is 10.1 Å². The summed E-state index contributed by atoms with van der Waals surface area (Å²) in [5, 5.41) is 6.28. The summed E-state index contributed by atoms with van der Waals surface area (Å²) in [6, 6.07) is 5.71. The second-order valence-electron chi connectivity index (χ2n) is 4.46. The van der Waals surface area contributed by atoms with Crippen LogP contribution in [0.3, 0.4) is 0 Å². The highest BCUT2D eigenvalue weighted by Gasteiger charge is 2.30. The molecule has 0 aliphatic heterocycles. The van der Waals surface area contributed by atoms with E-state index in [4.69, 9.17) is 5.73 Å². The first-order valence-corrected chi connectivity index (χ1v) is 7.88. The maximum absolute atomic E-state index is 13.9. The third-order valence-corrected chi connectivity index (χ3v) is 5.04. The Hall–Kier alpha value is -1.93. The molecule has 0 atom stereocenters. The number of aromatic nitrogens is 2. The zero-order valence-corrected chi connectivity index (χ0v) is 12.6. The quantitative estimate of drug-likeness (QED) is 0.876. The van der Waals surface area contributed by atoms with Gasteiger partial charge in [-0.15, -0.1) is 0 Å². The first-order chi connectivity index (χ1) is 9.93. The maximum atomic E-state index is 13.9. The molecular formula is C13H17FN4O2S. The molecule has 1 heterocycles. The summed E-state index contributed by atoms with van der Waals surface area (Å²) < 4.78 is 40.3. The van der Waals surface area contributed by atoms with Gasteiger partial charge in [-0.25, -0.2) is 4.39 Å². The number of aryl methyl sites for hydroxylation is 1. The molecule has 8 heteroatoms. The van der Waals surface area contributed by atoms with Crippen LogP contribution < -0.4 is 10.0 Å². The lowest BCUT2D eigenvalue weighted by molar-refractivity contribution is 0.581. The second kappa shape index (κ2) is 5.82. The number of nitrogens with zero attached hydrogens (tertiary/aromatic N) is 2. The summed E-state index contributed by atoms with van der Waals surface area (Å²) in [7, 11) is -3.98. The van der Waals surface area contributed by atoms with Crippen molar-refractivity contribution < 1.29 is 12.8 Å². The Balaban J connectivity index is 2.58. The van der Waals surface area contributed by atoms with Gasteiger partial charge >= 0.3 is 0 Å². The van der Waals surface area contributed by atoms with Crippen LogP contribution in [0.2, 0.25) is 0 Å². The van der Waals surface area contributed by atoms with Gasteiger partial charge in [0.25, 0.3) is 10.0 Å². The highest BCUT2D eigenvalue weighted by Crippen LogP contribution is 2.27. The van der Waals surface area contributed by atoms with Crippen LogP contribution >= 0.6 is 0 Å². The minimum Gasteiger partial charge on any atom is -0.326 e. The third-order valence-electron chi connectivity index (χ3n) is 3.18. The number of anilines is 1. The van der Waals surface area contributed by atoms with Crippen LogP contribution in [0.25, 0.3) is 0 Å². The molecule has 0 aliphatic carbocycles. The SMILES string of the molecule is CCN(c1ccccc1F)S(=O)(=O)c1n[nH]c(C)c1CN. The molecule has 0 bridgehead atoms. The number of benzene rings is 1. The molecule has 0 amide bonds. The number of nitrogens with one attached hydrogen (secondary N) is 1. The van der Waals surface area contributed by atoms with Gasteiger partial charge in [0.2, 0.25) is 5.03 Å². The molecule has 1 aromatic carbocycles. The van der Waals surface area contributed by atoms with Gasteiger partial charge in [0.1, 0.15) is 5.82 Å². The smallest absolute Gasteiger partial charge is 0.284 e. The number of sulfonamides is 1. The number of para-hydroxylation sites is 1. The third kappa shape index (κ3) is 2.64. The van der Waals surface area contributed by atoms with E-state index >= 15 is 0 Å². The Labute approximate surface area is 122 Å². The first kappa shape index (κ1) is 15.5. The molecular weight excluding hydrogens is 295 g/mol. The number of hydrogen-bond donors (Lipinski definition) is 2. The van der Waals surface area contributed by atoms with Crippen molar-refractivity contribution in [3.8, 4) is 0 Å². The molecule has 0 unspecified atom stereocenters. The monoisotopic (exact) mass is 312 g/mol. The van der Waals surface area contributed by atoms with Crippen LogP contribution in [0.15, 0.2) is 29.3 Å². The van der Waals surface area contributed by atoms with E-state index in [1.54, 1.807) is 19.9 Å². The molecule has 0 saturated heterocycles. The van der Waals surface area contributed by atoms with E-state index in [0.717, 1.165) is 4.31 Å². The van der Waals surface area contributed by atoms with E-state index in [-0.39, 0.29) is 23.8 Å². The molecule has 114 valence electrons. The lowest BCUT2D eigenvalue weighted by Gasteiger charge is -2.22. The minimum absolute atomic E-state index is 0.0105. The summed E-state index contributed by atoms with van der Waals surface area (Å²) in [6.07, 6.45) is 0. The number of nitrogens with two attached hydrogens (primary N) is 1. The standard InChI is InChI=1S/C13H17FN4O2S/c1-3-18(12-7-5-4-6-11(12)14)21(19,20)13-10(8-15)9(2)16-17-13/h4-7H,3,8,15H2,1-2H3,(H,16,17). The molecule has 6 nitrogen and oxygen atoms in total. The van der Waals surface area contributed by atoms with E-state index in [2.05, 4.69) is 10.2 Å². The number of halogens is 1. The number of aromatic amines is 1. The fourth-order valence-corrected chi connectivity index (χ4v) is 3.78. The van der Waals surface area contributed by atoms with Gasteiger partial charge in [-0.3, -0.25) is 9.40 Å². The van der Waals surface area contributed by atoms with E-state index in [0.29, 0.717) is 11.3 Å². The van der Waals surface area contributed by atoms with Crippen molar-refractivity contribution in [1.29, 1.82) is 0 Å². The Morgan fingerprint density at radius 3 is 2.62 bits per heavy atom. The highest BCUT2D eigenvalue weighted by atomic mass is 32.2. The predicted molar refractivity (Wildman–Crippen MR) is 77.8 cm³/mol. The molecule has 0 aliphatic rings. The van der Waals surface area contributed by atoms with Crippen LogP contribution in [-0.2, 0) is 16.6 Å². The molecule has 2 aromatic rings. The van der Waals surface area contributed by atoms with Crippen LogP contribution in [-0.4, -0.2) is 25.2 Å². The largest absolute Gasteiger partial charge is 0.326 e. The number of hydrogen-bond acceptors (Lipinski definition) is 4. The zero-order valence-electron chi connectivity index (χ0n) is 11.8. The molecule has 1 aromatic heterocycles. The van der Waals surface area contributed by atoms with Gasteiger partial charge in [0.05, 0.1) is 5.69 Å². The van der Waals surface area contributed by atoms with Crippen molar-refractivity contribution in [2.75, 3.05) is 10.8 Å². The van der Waals surface area contributed by atoms with Gasteiger partial charge in [-0.2, -0.15) is 13.5 Å². The second-order valence-corrected chi connectivity index (χ2v) is 6.24. The van der Waals surface area contributed by atoms with Gasteiger partial charge < -0.3 is 5.73 Å². The fourth-order valence-electron chi connectivity index (χ4n) is 2.11. The van der Waals surface area contributed by atoms with Crippen molar-refractivity contribution in [2.45, 2.75) is 25.4 Å². The van der Waals surface area contributed by atoms with E-state index < -0.39 is 15.8 Å². The van der Waals surface area contributed by atoms with Crippen molar-refractivity contribution in [3.05, 3.63) is 41.3 Å². The summed E-state index contributed by atoms with van der Waals surface area (Å²) in [5.74, 6) is -0.607. The summed E-state index contributed by atoms with van der Waals surface area (Å²) in [4.78, 5) is 0. The Kier molecular flexibility index (Phi) is 4.29. The van der Waals surface area contributed by atoms with E-state index in [9.17, 15) is 12.8 Å². The molecule has 0 saturated carbocycles. The van der Waals surface area contributed by atoms with Crippen LogP contribution in [0.1, 0.15) is 18.2 Å².